The first kappa shape index (κ1) is 12.4. The van der Waals surface area contributed by atoms with Gasteiger partial charge in [0.2, 0.25) is 0 Å². The van der Waals surface area contributed by atoms with Gasteiger partial charge in [0.05, 0.1) is 6.61 Å². The van der Waals surface area contributed by atoms with Gasteiger partial charge in [-0.25, -0.2) is 4.39 Å². The van der Waals surface area contributed by atoms with Crippen LogP contribution >= 0.6 is 0 Å². The van der Waals surface area contributed by atoms with Gasteiger partial charge in [-0.05, 0) is 33.1 Å². The maximum Gasteiger partial charge on any atom is 0.302 e. The summed E-state index contributed by atoms with van der Waals surface area (Å²) < 4.78 is 17.7. The van der Waals surface area contributed by atoms with E-state index in [9.17, 15) is 9.18 Å². The Morgan fingerprint density at radius 1 is 1.31 bits per heavy atom. The first-order valence-electron chi connectivity index (χ1n) is 4.74. The average Bonchev–Trinajstić information content (AvgIpc) is 1.93. The first-order valence-corrected chi connectivity index (χ1v) is 4.74. The Bertz CT molecular complexity index is 149. The summed E-state index contributed by atoms with van der Waals surface area (Å²) >= 11 is 0. The maximum absolute atomic E-state index is 12.9. The summed E-state index contributed by atoms with van der Waals surface area (Å²) in [6.45, 7) is 5.02. The van der Waals surface area contributed by atoms with E-state index in [0.717, 1.165) is 19.3 Å². The molecule has 0 aliphatic heterocycles. The topological polar surface area (TPSA) is 26.3 Å². The minimum absolute atomic E-state index is 0.245. The lowest BCUT2D eigenvalue weighted by molar-refractivity contribution is -0.141. The summed E-state index contributed by atoms with van der Waals surface area (Å²) in [6.07, 6.45) is 3.17. The van der Waals surface area contributed by atoms with Gasteiger partial charge in [-0.2, -0.15) is 0 Å². The minimum Gasteiger partial charge on any atom is -0.466 e. The van der Waals surface area contributed by atoms with Gasteiger partial charge in [0.1, 0.15) is 5.67 Å². The Morgan fingerprint density at radius 2 is 1.92 bits per heavy atom. The molecule has 0 radical (unpaired) electrons. The fraction of sp³-hybridized carbons (Fsp3) is 0.900. The Balaban J connectivity index is 3.13. The molecular weight excluding hydrogens is 171 g/mol. The molecule has 2 nitrogen and oxygen atoms in total. The third kappa shape index (κ3) is 11.4. The number of ether oxygens (including phenoxy) is 1. The predicted molar refractivity (Wildman–Crippen MR) is 50.3 cm³/mol. The average molecular weight is 190 g/mol. The van der Waals surface area contributed by atoms with Gasteiger partial charge in [0.25, 0.3) is 0 Å². The molecule has 0 N–H and O–H groups in total. The van der Waals surface area contributed by atoms with Gasteiger partial charge in [-0.15, -0.1) is 0 Å². The third-order valence-electron chi connectivity index (χ3n) is 1.72. The number of carbonyl (C=O) groups excluding carboxylic acids is 1. The standard InChI is InChI=1S/C10H19FO2/c1-9(12)13-8-6-4-5-7-10(2,3)11/h4-8H2,1-3H3. The third-order valence-corrected chi connectivity index (χ3v) is 1.72. The normalized spacial score (nSPS) is 11.4. The van der Waals surface area contributed by atoms with E-state index in [1.807, 2.05) is 0 Å². The van der Waals surface area contributed by atoms with Gasteiger partial charge < -0.3 is 4.74 Å². The molecule has 0 saturated carbocycles. The number of halogens is 1. The fourth-order valence-corrected chi connectivity index (χ4v) is 1.04. The van der Waals surface area contributed by atoms with Crippen LogP contribution in [0.25, 0.3) is 0 Å². The highest BCUT2D eigenvalue weighted by atomic mass is 19.1. The molecule has 0 saturated heterocycles. The van der Waals surface area contributed by atoms with E-state index >= 15 is 0 Å². The van der Waals surface area contributed by atoms with Crippen molar-refractivity contribution in [2.24, 2.45) is 0 Å². The molecule has 0 bridgehead atoms. The van der Waals surface area contributed by atoms with Crippen molar-refractivity contribution in [2.75, 3.05) is 6.61 Å². The van der Waals surface area contributed by atoms with Gasteiger partial charge in [-0.3, -0.25) is 4.79 Å². The summed E-state index contributed by atoms with van der Waals surface area (Å²) in [6, 6.07) is 0. The van der Waals surface area contributed by atoms with Crippen LogP contribution in [0.1, 0.15) is 46.5 Å². The van der Waals surface area contributed by atoms with Crippen LogP contribution in [0.2, 0.25) is 0 Å². The molecule has 0 spiro atoms. The summed E-state index contributed by atoms with van der Waals surface area (Å²) in [5, 5.41) is 0. The van der Waals surface area contributed by atoms with Crippen molar-refractivity contribution in [3.8, 4) is 0 Å². The highest BCUT2D eigenvalue weighted by molar-refractivity contribution is 5.65. The molecule has 0 heterocycles. The van der Waals surface area contributed by atoms with Crippen LogP contribution in [-0.4, -0.2) is 18.2 Å². The van der Waals surface area contributed by atoms with Crippen LogP contribution in [0.15, 0.2) is 0 Å². The Morgan fingerprint density at radius 3 is 2.38 bits per heavy atom. The van der Waals surface area contributed by atoms with E-state index in [-0.39, 0.29) is 5.97 Å². The molecule has 0 aliphatic carbocycles. The summed E-state index contributed by atoms with van der Waals surface area (Å²) in [5.41, 5.74) is -1.07. The molecule has 0 aromatic heterocycles. The van der Waals surface area contributed by atoms with Crippen LogP contribution in [-0.2, 0) is 9.53 Å². The van der Waals surface area contributed by atoms with Crippen LogP contribution in [0.4, 0.5) is 4.39 Å². The molecular formula is C10H19FO2. The number of carbonyl (C=O) groups is 1. The Labute approximate surface area is 79.5 Å². The molecule has 0 aromatic rings. The number of unbranched alkanes of at least 4 members (excludes halogenated alkanes) is 2. The number of esters is 1. The highest BCUT2D eigenvalue weighted by Crippen LogP contribution is 2.17. The SMILES string of the molecule is CC(=O)OCCCCCC(C)(C)F. The lowest BCUT2D eigenvalue weighted by atomic mass is 10.0. The molecule has 0 aliphatic rings. The van der Waals surface area contributed by atoms with E-state index in [1.54, 1.807) is 13.8 Å². The second kappa shape index (κ2) is 5.95. The van der Waals surface area contributed by atoms with Crippen LogP contribution in [0, 0.1) is 0 Å². The second-order valence-electron chi connectivity index (χ2n) is 3.87. The molecule has 78 valence electrons. The summed E-state index contributed by atoms with van der Waals surface area (Å²) in [5.74, 6) is -0.245. The zero-order chi connectivity index (χ0) is 10.3. The molecule has 0 atom stereocenters. The molecule has 13 heavy (non-hydrogen) atoms. The molecule has 0 rings (SSSR count). The van der Waals surface area contributed by atoms with Gasteiger partial charge in [0, 0.05) is 6.92 Å². The Hall–Kier alpha value is -0.600. The lowest BCUT2D eigenvalue weighted by Gasteiger charge is -2.12. The van der Waals surface area contributed by atoms with Gasteiger partial charge in [0.15, 0.2) is 0 Å². The van der Waals surface area contributed by atoms with Crippen molar-refractivity contribution in [2.45, 2.75) is 52.1 Å². The van der Waals surface area contributed by atoms with Crippen molar-refractivity contribution >= 4 is 5.97 Å². The number of hydrogen-bond acceptors (Lipinski definition) is 2. The van der Waals surface area contributed by atoms with E-state index in [4.69, 9.17) is 4.74 Å². The number of hydrogen-bond donors (Lipinski definition) is 0. The number of alkyl halides is 1. The monoisotopic (exact) mass is 190 g/mol. The van der Waals surface area contributed by atoms with E-state index < -0.39 is 5.67 Å². The van der Waals surface area contributed by atoms with Gasteiger partial charge in [-0.1, -0.05) is 6.42 Å². The number of rotatable bonds is 6. The molecule has 0 aromatic carbocycles. The smallest absolute Gasteiger partial charge is 0.302 e. The lowest BCUT2D eigenvalue weighted by Crippen LogP contribution is -2.11. The van der Waals surface area contributed by atoms with E-state index in [0.29, 0.717) is 13.0 Å². The molecule has 0 amide bonds. The fourth-order valence-electron chi connectivity index (χ4n) is 1.04. The maximum atomic E-state index is 12.9. The second-order valence-corrected chi connectivity index (χ2v) is 3.87. The zero-order valence-electron chi connectivity index (χ0n) is 8.73. The van der Waals surface area contributed by atoms with Crippen molar-refractivity contribution in [1.29, 1.82) is 0 Å². The largest absolute Gasteiger partial charge is 0.466 e. The van der Waals surface area contributed by atoms with Crippen molar-refractivity contribution in [3.05, 3.63) is 0 Å². The zero-order valence-corrected chi connectivity index (χ0v) is 8.73. The molecule has 0 unspecified atom stereocenters. The van der Waals surface area contributed by atoms with Crippen LogP contribution in [0.3, 0.4) is 0 Å². The quantitative estimate of drug-likeness (QED) is 0.475. The summed E-state index contributed by atoms with van der Waals surface area (Å²) in [7, 11) is 0. The van der Waals surface area contributed by atoms with Crippen molar-refractivity contribution < 1.29 is 13.9 Å². The molecule has 3 heteroatoms. The van der Waals surface area contributed by atoms with E-state index in [1.165, 1.54) is 6.92 Å². The predicted octanol–water partition coefficient (Wildman–Crippen LogP) is 2.86. The molecule has 0 fully saturated rings. The highest BCUT2D eigenvalue weighted by Gasteiger charge is 2.13. The van der Waals surface area contributed by atoms with Crippen LogP contribution < -0.4 is 0 Å². The Kier molecular flexibility index (Phi) is 5.67. The van der Waals surface area contributed by atoms with E-state index in [2.05, 4.69) is 0 Å². The van der Waals surface area contributed by atoms with Crippen molar-refractivity contribution in [3.63, 3.8) is 0 Å². The minimum atomic E-state index is -1.07. The van der Waals surface area contributed by atoms with Gasteiger partial charge >= 0.3 is 5.97 Å². The first-order chi connectivity index (χ1) is 5.92. The summed E-state index contributed by atoms with van der Waals surface area (Å²) in [4.78, 5) is 10.4. The van der Waals surface area contributed by atoms with Crippen molar-refractivity contribution in [1.82, 2.24) is 0 Å². The van der Waals surface area contributed by atoms with Crippen LogP contribution in [0.5, 0.6) is 0 Å².